The number of halogens is 1. The van der Waals surface area contributed by atoms with Crippen LogP contribution in [0.5, 0.6) is 5.75 Å². The summed E-state index contributed by atoms with van der Waals surface area (Å²) in [4.78, 5) is 0. The Hall–Kier alpha value is -1.13. The van der Waals surface area contributed by atoms with E-state index in [1.165, 1.54) is 18.2 Å². The number of nitrogens with one attached hydrogen (secondary N) is 1. The van der Waals surface area contributed by atoms with E-state index in [1.54, 1.807) is 0 Å². The van der Waals surface area contributed by atoms with E-state index in [4.69, 9.17) is 4.74 Å². The lowest BCUT2D eigenvalue weighted by Gasteiger charge is -2.23. The van der Waals surface area contributed by atoms with Gasteiger partial charge in [0.1, 0.15) is 11.6 Å². The van der Waals surface area contributed by atoms with Gasteiger partial charge in [-0.1, -0.05) is 0 Å². The number of phenols is 1. The van der Waals surface area contributed by atoms with Crippen molar-refractivity contribution in [2.75, 3.05) is 13.2 Å². The Morgan fingerprint density at radius 3 is 3.06 bits per heavy atom. The third-order valence-electron chi connectivity index (χ3n) is 3.16. The Morgan fingerprint density at radius 2 is 2.35 bits per heavy atom. The van der Waals surface area contributed by atoms with Gasteiger partial charge in [-0.3, -0.25) is 0 Å². The fourth-order valence-electron chi connectivity index (χ4n) is 2.13. The maximum atomic E-state index is 13.0. The molecule has 0 aliphatic carbocycles. The monoisotopic (exact) mass is 239 g/mol. The van der Waals surface area contributed by atoms with Crippen molar-refractivity contribution in [2.45, 2.75) is 31.9 Å². The molecule has 17 heavy (non-hydrogen) atoms. The molecule has 0 bridgehead atoms. The van der Waals surface area contributed by atoms with Crippen LogP contribution in [-0.2, 0) is 11.3 Å². The molecule has 0 radical (unpaired) electrons. The Labute approximate surface area is 101 Å². The molecule has 1 aromatic rings. The zero-order chi connectivity index (χ0) is 12.3. The highest BCUT2D eigenvalue weighted by atomic mass is 19.1. The van der Waals surface area contributed by atoms with Gasteiger partial charge in [-0.2, -0.15) is 0 Å². The van der Waals surface area contributed by atoms with Gasteiger partial charge in [-0.25, -0.2) is 4.39 Å². The summed E-state index contributed by atoms with van der Waals surface area (Å²) in [5, 5.41) is 12.8. The number of hydrogen-bond donors (Lipinski definition) is 2. The molecule has 4 heteroatoms. The van der Waals surface area contributed by atoms with Crippen molar-refractivity contribution in [2.24, 2.45) is 0 Å². The summed E-state index contributed by atoms with van der Waals surface area (Å²) in [6.45, 7) is 4.04. The van der Waals surface area contributed by atoms with E-state index in [0.717, 1.165) is 19.4 Å². The standard InChI is InChI=1S/C13H18FNO2/c1-13(5-2-6-17-13)9-15-8-10-7-11(14)3-4-12(10)16/h3-4,7,15-16H,2,5-6,8-9H2,1H3. The molecule has 0 aromatic heterocycles. The maximum Gasteiger partial charge on any atom is 0.123 e. The van der Waals surface area contributed by atoms with Crippen LogP contribution in [0.4, 0.5) is 4.39 Å². The highest BCUT2D eigenvalue weighted by Gasteiger charge is 2.28. The predicted octanol–water partition coefficient (Wildman–Crippen LogP) is 2.19. The summed E-state index contributed by atoms with van der Waals surface area (Å²) in [5.41, 5.74) is 0.453. The Kier molecular flexibility index (Phi) is 3.64. The summed E-state index contributed by atoms with van der Waals surface area (Å²) in [7, 11) is 0. The highest BCUT2D eigenvalue weighted by molar-refractivity contribution is 5.32. The van der Waals surface area contributed by atoms with Crippen molar-refractivity contribution in [3.63, 3.8) is 0 Å². The van der Waals surface area contributed by atoms with E-state index in [-0.39, 0.29) is 17.2 Å². The van der Waals surface area contributed by atoms with Crippen LogP contribution in [0.15, 0.2) is 18.2 Å². The predicted molar refractivity (Wildman–Crippen MR) is 63.4 cm³/mol. The van der Waals surface area contributed by atoms with Gasteiger partial charge in [0.2, 0.25) is 0 Å². The lowest BCUT2D eigenvalue weighted by atomic mass is 10.0. The molecule has 1 heterocycles. The highest BCUT2D eigenvalue weighted by Crippen LogP contribution is 2.24. The number of rotatable bonds is 4. The van der Waals surface area contributed by atoms with Crippen LogP contribution in [0, 0.1) is 5.82 Å². The first kappa shape index (κ1) is 12.3. The number of phenolic OH excluding ortho intramolecular Hbond substituents is 1. The van der Waals surface area contributed by atoms with Crippen molar-refractivity contribution in [3.05, 3.63) is 29.6 Å². The Bertz CT molecular complexity index is 389. The van der Waals surface area contributed by atoms with Gasteiger partial charge in [-0.05, 0) is 38.0 Å². The van der Waals surface area contributed by atoms with Crippen LogP contribution in [0.2, 0.25) is 0 Å². The van der Waals surface area contributed by atoms with Gasteiger partial charge in [-0.15, -0.1) is 0 Å². The van der Waals surface area contributed by atoms with Gasteiger partial charge < -0.3 is 15.2 Å². The molecule has 1 aromatic carbocycles. The van der Waals surface area contributed by atoms with E-state index in [2.05, 4.69) is 12.2 Å². The van der Waals surface area contributed by atoms with Crippen molar-refractivity contribution >= 4 is 0 Å². The minimum Gasteiger partial charge on any atom is -0.508 e. The van der Waals surface area contributed by atoms with Crippen LogP contribution in [0.25, 0.3) is 0 Å². The quantitative estimate of drug-likeness (QED) is 0.846. The molecule has 0 spiro atoms. The lowest BCUT2D eigenvalue weighted by molar-refractivity contribution is 0.0206. The van der Waals surface area contributed by atoms with Crippen molar-refractivity contribution < 1.29 is 14.2 Å². The third kappa shape index (κ3) is 3.17. The van der Waals surface area contributed by atoms with E-state index in [1.807, 2.05) is 0 Å². The van der Waals surface area contributed by atoms with Crippen molar-refractivity contribution in [1.29, 1.82) is 0 Å². The minimum atomic E-state index is -0.331. The number of ether oxygens (including phenoxy) is 1. The second kappa shape index (κ2) is 5.02. The van der Waals surface area contributed by atoms with E-state index in [9.17, 15) is 9.50 Å². The fourth-order valence-corrected chi connectivity index (χ4v) is 2.13. The van der Waals surface area contributed by atoms with E-state index in [0.29, 0.717) is 18.7 Å². The molecule has 1 aliphatic heterocycles. The molecule has 2 N–H and O–H groups in total. The van der Waals surface area contributed by atoms with Crippen molar-refractivity contribution in [1.82, 2.24) is 5.32 Å². The molecule has 2 rings (SSSR count). The lowest BCUT2D eigenvalue weighted by Crippen LogP contribution is -2.36. The van der Waals surface area contributed by atoms with Gasteiger partial charge in [0.15, 0.2) is 0 Å². The smallest absolute Gasteiger partial charge is 0.123 e. The van der Waals surface area contributed by atoms with Crippen LogP contribution in [0.3, 0.4) is 0 Å². The molecule has 94 valence electrons. The molecular formula is C13H18FNO2. The summed E-state index contributed by atoms with van der Waals surface area (Å²) < 4.78 is 18.6. The van der Waals surface area contributed by atoms with Gasteiger partial charge in [0, 0.05) is 25.3 Å². The van der Waals surface area contributed by atoms with E-state index >= 15 is 0 Å². The van der Waals surface area contributed by atoms with Crippen LogP contribution >= 0.6 is 0 Å². The average molecular weight is 239 g/mol. The summed E-state index contributed by atoms with van der Waals surface area (Å²) in [6, 6.07) is 3.97. The zero-order valence-electron chi connectivity index (χ0n) is 10.0. The minimum absolute atomic E-state index is 0.122. The van der Waals surface area contributed by atoms with Gasteiger partial charge in [0.25, 0.3) is 0 Å². The molecule has 1 atom stereocenters. The molecule has 0 amide bonds. The second-order valence-electron chi connectivity index (χ2n) is 4.78. The Balaban J connectivity index is 1.87. The van der Waals surface area contributed by atoms with Crippen LogP contribution in [0.1, 0.15) is 25.3 Å². The van der Waals surface area contributed by atoms with Crippen LogP contribution in [-0.4, -0.2) is 23.9 Å². The molecule has 1 unspecified atom stereocenters. The second-order valence-corrected chi connectivity index (χ2v) is 4.78. The number of aromatic hydroxyl groups is 1. The van der Waals surface area contributed by atoms with Gasteiger partial charge in [0.05, 0.1) is 5.60 Å². The summed E-state index contributed by atoms with van der Waals surface area (Å²) in [5.74, 6) is -0.209. The topological polar surface area (TPSA) is 41.5 Å². The van der Waals surface area contributed by atoms with Gasteiger partial charge >= 0.3 is 0 Å². The fraction of sp³-hybridized carbons (Fsp3) is 0.538. The molecule has 3 nitrogen and oxygen atoms in total. The first-order valence-corrected chi connectivity index (χ1v) is 5.91. The molecule has 1 fully saturated rings. The largest absolute Gasteiger partial charge is 0.508 e. The SMILES string of the molecule is CC1(CNCc2cc(F)ccc2O)CCCO1. The molecule has 1 saturated heterocycles. The molecular weight excluding hydrogens is 221 g/mol. The molecule has 0 saturated carbocycles. The first-order chi connectivity index (χ1) is 8.09. The van der Waals surface area contributed by atoms with E-state index < -0.39 is 0 Å². The average Bonchev–Trinajstić information content (AvgIpc) is 2.71. The summed E-state index contributed by atoms with van der Waals surface area (Å²) >= 11 is 0. The van der Waals surface area contributed by atoms with Crippen LogP contribution < -0.4 is 5.32 Å². The Morgan fingerprint density at radius 1 is 1.53 bits per heavy atom. The maximum absolute atomic E-state index is 13.0. The normalized spacial score (nSPS) is 24.1. The van der Waals surface area contributed by atoms with Crippen molar-refractivity contribution in [3.8, 4) is 5.75 Å². The number of benzene rings is 1. The first-order valence-electron chi connectivity index (χ1n) is 5.91. The third-order valence-corrected chi connectivity index (χ3v) is 3.16. The zero-order valence-corrected chi connectivity index (χ0v) is 10.0. The number of hydrogen-bond acceptors (Lipinski definition) is 3. The molecule has 1 aliphatic rings. The summed E-state index contributed by atoms with van der Waals surface area (Å²) in [6.07, 6.45) is 2.12.